The Morgan fingerprint density at radius 3 is 2.44 bits per heavy atom. The van der Waals surface area contributed by atoms with Gasteiger partial charge >= 0.3 is 0 Å². The van der Waals surface area contributed by atoms with Crippen molar-refractivity contribution < 1.29 is 9.59 Å². The van der Waals surface area contributed by atoms with Crippen LogP contribution in [0, 0.1) is 6.92 Å². The minimum Gasteiger partial charge on any atom is -0.350 e. The van der Waals surface area contributed by atoms with Gasteiger partial charge in [0.05, 0.1) is 0 Å². The van der Waals surface area contributed by atoms with Gasteiger partial charge in [-0.1, -0.05) is 35.4 Å². The molecule has 2 N–H and O–H groups in total. The molecule has 27 heavy (non-hydrogen) atoms. The summed E-state index contributed by atoms with van der Waals surface area (Å²) in [5.74, 6) is -0.586. The quantitative estimate of drug-likeness (QED) is 0.753. The number of aryl methyl sites for hydroxylation is 1. The summed E-state index contributed by atoms with van der Waals surface area (Å²) in [4.78, 5) is 28.9. The van der Waals surface area contributed by atoms with Gasteiger partial charge in [0.25, 0.3) is 11.8 Å². The van der Waals surface area contributed by atoms with Crippen molar-refractivity contribution in [3.05, 3.63) is 71.1 Å². The summed E-state index contributed by atoms with van der Waals surface area (Å²) >= 11 is 0. The highest BCUT2D eigenvalue weighted by atomic mass is 16.2. The predicted molar refractivity (Wildman–Crippen MR) is 107 cm³/mol. The third kappa shape index (κ3) is 5.51. The molecule has 0 unspecified atom stereocenters. The molecular formula is C22H25N3O2. The van der Waals surface area contributed by atoms with E-state index in [1.807, 2.05) is 31.2 Å². The van der Waals surface area contributed by atoms with Crippen LogP contribution in [0.5, 0.6) is 0 Å². The minimum absolute atomic E-state index is 0.221. The molecule has 0 spiro atoms. The van der Waals surface area contributed by atoms with Gasteiger partial charge in [-0.05, 0) is 63.3 Å². The van der Waals surface area contributed by atoms with Gasteiger partial charge in [-0.25, -0.2) is 4.98 Å². The van der Waals surface area contributed by atoms with E-state index in [1.54, 1.807) is 18.2 Å². The molecule has 0 fully saturated rings. The van der Waals surface area contributed by atoms with Crippen LogP contribution in [0.3, 0.4) is 0 Å². The Morgan fingerprint density at radius 1 is 1.00 bits per heavy atom. The Balaban J connectivity index is 1.57. The van der Waals surface area contributed by atoms with Crippen LogP contribution in [0.4, 0.5) is 5.69 Å². The highest BCUT2D eigenvalue weighted by Crippen LogP contribution is 2.19. The molecule has 1 heterocycles. The molecule has 2 amide bonds. The van der Waals surface area contributed by atoms with Gasteiger partial charge in [-0.15, -0.1) is 0 Å². The monoisotopic (exact) mass is 363 g/mol. The second kappa shape index (κ2) is 9.12. The van der Waals surface area contributed by atoms with Gasteiger partial charge in [0.15, 0.2) is 0 Å². The maximum atomic E-state index is 12.4. The number of nitrogens with one attached hydrogen (secondary N) is 2. The van der Waals surface area contributed by atoms with Gasteiger partial charge < -0.3 is 10.6 Å². The SMILES string of the molecule is Cc1ccc(NC(=O)c2cccc(C(=O)NCCC3=CCCCC3)n2)cc1. The third-order valence-electron chi connectivity index (χ3n) is 4.64. The second-order valence-corrected chi connectivity index (χ2v) is 6.84. The first kappa shape index (κ1) is 18.8. The molecule has 1 aliphatic rings. The molecule has 0 bridgehead atoms. The molecule has 1 aromatic heterocycles. The molecule has 2 aromatic rings. The molecule has 0 saturated carbocycles. The van der Waals surface area contributed by atoms with E-state index in [9.17, 15) is 9.59 Å². The van der Waals surface area contributed by atoms with Gasteiger partial charge in [0, 0.05) is 12.2 Å². The highest BCUT2D eigenvalue weighted by molar-refractivity contribution is 6.03. The van der Waals surface area contributed by atoms with Crippen LogP contribution in [0.1, 0.15) is 58.6 Å². The number of carbonyl (C=O) groups is 2. The number of carbonyl (C=O) groups excluding carboxylic acids is 2. The van der Waals surface area contributed by atoms with Crippen molar-refractivity contribution in [2.45, 2.75) is 39.0 Å². The van der Waals surface area contributed by atoms with E-state index in [0.29, 0.717) is 12.2 Å². The lowest BCUT2D eigenvalue weighted by atomic mass is 9.97. The van der Waals surface area contributed by atoms with Crippen LogP contribution in [0.25, 0.3) is 0 Å². The van der Waals surface area contributed by atoms with E-state index >= 15 is 0 Å². The molecule has 1 aliphatic carbocycles. The molecule has 1 aromatic carbocycles. The lowest BCUT2D eigenvalue weighted by Gasteiger charge is -2.13. The van der Waals surface area contributed by atoms with Crippen molar-refractivity contribution >= 4 is 17.5 Å². The second-order valence-electron chi connectivity index (χ2n) is 6.84. The number of hydrogen-bond acceptors (Lipinski definition) is 3. The first-order valence-corrected chi connectivity index (χ1v) is 9.43. The summed E-state index contributed by atoms with van der Waals surface area (Å²) in [6, 6.07) is 12.4. The van der Waals surface area contributed by atoms with Crippen LogP contribution in [0.15, 0.2) is 54.1 Å². The summed E-state index contributed by atoms with van der Waals surface area (Å²) in [7, 11) is 0. The molecule has 5 nitrogen and oxygen atoms in total. The van der Waals surface area contributed by atoms with E-state index in [0.717, 1.165) is 24.8 Å². The largest absolute Gasteiger partial charge is 0.350 e. The molecular weight excluding hydrogens is 338 g/mol. The fourth-order valence-electron chi connectivity index (χ4n) is 3.08. The Bertz CT molecular complexity index is 841. The Labute approximate surface area is 159 Å². The van der Waals surface area contributed by atoms with Crippen LogP contribution < -0.4 is 10.6 Å². The third-order valence-corrected chi connectivity index (χ3v) is 4.64. The maximum absolute atomic E-state index is 12.4. The summed E-state index contributed by atoms with van der Waals surface area (Å²) in [6.07, 6.45) is 7.92. The average molecular weight is 363 g/mol. The zero-order valence-electron chi connectivity index (χ0n) is 15.6. The summed E-state index contributed by atoms with van der Waals surface area (Å²) in [6.45, 7) is 2.58. The average Bonchev–Trinajstić information content (AvgIpc) is 2.70. The normalized spacial score (nSPS) is 13.6. The fourth-order valence-corrected chi connectivity index (χ4v) is 3.08. The van der Waals surface area contributed by atoms with Crippen LogP contribution in [-0.4, -0.2) is 23.3 Å². The molecule has 0 atom stereocenters. The van der Waals surface area contributed by atoms with E-state index in [4.69, 9.17) is 0 Å². The topological polar surface area (TPSA) is 71.1 Å². The standard InChI is InChI=1S/C22H25N3O2/c1-16-10-12-18(13-11-16)24-22(27)20-9-5-8-19(25-20)21(26)23-15-14-17-6-3-2-4-7-17/h5-6,8-13H,2-4,7,14-15H2,1H3,(H,23,26)(H,24,27). The van der Waals surface area contributed by atoms with Crippen LogP contribution >= 0.6 is 0 Å². The van der Waals surface area contributed by atoms with Crippen molar-refractivity contribution in [2.24, 2.45) is 0 Å². The summed E-state index contributed by atoms with van der Waals surface area (Å²) in [5, 5.41) is 5.69. The first-order valence-electron chi connectivity index (χ1n) is 9.43. The lowest BCUT2D eigenvalue weighted by Crippen LogP contribution is -2.26. The van der Waals surface area contributed by atoms with Gasteiger partial charge in [0.2, 0.25) is 0 Å². The lowest BCUT2D eigenvalue weighted by molar-refractivity contribution is 0.0949. The Kier molecular flexibility index (Phi) is 6.36. The van der Waals surface area contributed by atoms with Crippen molar-refractivity contribution in [3.63, 3.8) is 0 Å². The number of amides is 2. The smallest absolute Gasteiger partial charge is 0.274 e. The van der Waals surface area contributed by atoms with Gasteiger partial charge in [0.1, 0.15) is 11.4 Å². The zero-order chi connectivity index (χ0) is 19.1. The summed E-state index contributed by atoms with van der Waals surface area (Å²) < 4.78 is 0. The van der Waals surface area contributed by atoms with Gasteiger partial charge in [-0.3, -0.25) is 9.59 Å². The number of anilines is 1. The van der Waals surface area contributed by atoms with Gasteiger partial charge in [-0.2, -0.15) is 0 Å². The van der Waals surface area contributed by atoms with E-state index < -0.39 is 0 Å². The summed E-state index contributed by atoms with van der Waals surface area (Å²) in [5.41, 5.74) is 3.71. The van der Waals surface area contributed by atoms with Crippen molar-refractivity contribution in [3.8, 4) is 0 Å². The number of rotatable bonds is 6. The Hall–Kier alpha value is -2.95. The van der Waals surface area contributed by atoms with Crippen LogP contribution in [0.2, 0.25) is 0 Å². The molecule has 0 saturated heterocycles. The first-order chi connectivity index (χ1) is 13.1. The fraction of sp³-hybridized carbons (Fsp3) is 0.318. The number of allylic oxidation sites excluding steroid dienone is 1. The number of benzene rings is 1. The number of aromatic nitrogens is 1. The molecule has 3 rings (SSSR count). The van der Waals surface area contributed by atoms with E-state index in [1.165, 1.54) is 18.4 Å². The van der Waals surface area contributed by atoms with Crippen LogP contribution in [-0.2, 0) is 0 Å². The predicted octanol–water partition coefficient (Wildman–Crippen LogP) is 4.26. The van der Waals surface area contributed by atoms with Crippen molar-refractivity contribution in [2.75, 3.05) is 11.9 Å². The maximum Gasteiger partial charge on any atom is 0.274 e. The zero-order valence-corrected chi connectivity index (χ0v) is 15.6. The minimum atomic E-state index is -0.333. The number of nitrogens with zero attached hydrogens (tertiary/aromatic N) is 1. The number of pyridine rings is 1. The molecule has 0 radical (unpaired) electrons. The van der Waals surface area contributed by atoms with Crippen molar-refractivity contribution in [1.29, 1.82) is 0 Å². The molecule has 0 aliphatic heterocycles. The van der Waals surface area contributed by atoms with E-state index in [-0.39, 0.29) is 23.2 Å². The Morgan fingerprint density at radius 2 is 1.74 bits per heavy atom. The molecule has 5 heteroatoms. The van der Waals surface area contributed by atoms with E-state index in [2.05, 4.69) is 21.7 Å². The number of hydrogen-bond donors (Lipinski definition) is 2. The highest BCUT2D eigenvalue weighted by Gasteiger charge is 2.13. The van der Waals surface area contributed by atoms with Crippen molar-refractivity contribution in [1.82, 2.24) is 10.3 Å². The molecule has 140 valence electrons.